The van der Waals surface area contributed by atoms with Crippen LogP contribution in [0, 0.1) is 0 Å². The molecular weight excluding hydrogens is 314 g/mol. The molecule has 106 valence electrons. The molecule has 1 aromatic heterocycles. The highest BCUT2D eigenvalue weighted by Crippen LogP contribution is 2.15. The third-order valence-electron chi connectivity index (χ3n) is 3.13. The van der Waals surface area contributed by atoms with Gasteiger partial charge in [0.05, 0.1) is 0 Å². The Morgan fingerprint density at radius 3 is 2.50 bits per heavy atom. The molecule has 3 nitrogen and oxygen atoms in total. The molecule has 1 heterocycles. The van der Waals surface area contributed by atoms with E-state index in [1.54, 1.807) is 0 Å². The molecule has 0 unspecified atom stereocenters. The maximum absolute atomic E-state index is 5.64. The molecule has 0 bridgehead atoms. The van der Waals surface area contributed by atoms with E-state index in [-0.39, 0.29) is 0 Å². The van der Waals surface area contributed by atoms with Crippen molar-refractivity contribution in [2.45, 2.75) is 19.5 Å². The van der Waals surface area contributed by atoms with E-state index >= 15 is 0 Å². The standard InChI is InChI=1S/C16H20BrN3/c17-16-4-1-3-15(11-16)13-20(10-2-7-18)12-14-5-8-19-9-6-14/h1,3-6,8-9,11H,2,7,10,12-13,18H2. The number of aromatic nitrogens is 1. The molecule has 0 aliphatic carbocycles. The molecule has 0 amide bonds. The Kier molecular flexibility index (Phi) is 6.18. The van der Waals surface area contributed by atoms with Crippen LogP contribution in [0.5, 0.6) is 0 Å². The van der Waals surface area contributed by atoms with Crippen molar-refractivity contribution < 1.29 is 0 Å². The number of rotatable bonds is 7. The topological polar surface area (TPSA) is 42.1 Å². The lowest BCUT2D eigenvalue weighted by atomic mass is 10.2. The van der Waals surface area contributed by atoms with Gasteiger partial charge in [0.25, 0.3) is 0 Å². The summed E-state index contributed by atoms with van der Waals surface area (Å²) in [5.41, 5.74) is 8.24. The number of nitrogens with two attached hydrogens (primary N) is 1. The van der Waals surface area contributed by atoms with Crippen LogP contribution < -0.4 is 5.73 Å². The Labute approximate surface area is 129 Å². The second-order valence-electron chi connectivity index (χ2n) is 4.84. The number of nitrogens with zero attached hydrogens (tertiary/aromatic N) is 2. The molecule has 2 N–H and O–H groups in total. The fourth-order valence-electron chi connectivity index (χ4n) is 2.17. The van der Waals surface area contributed by atoms with Crippen molar-refractivity contribution in [1.29, 1.82) is 0 Å². The first-order valence-corrected chi connectivity index (χ1v) is 7.63. The fraction of sp³-hybridized carbons (Fsp3) is 0.312. The van der Waals surface area contributed by atoms with Gasteiger partial charge in [-0.15, -0.1) is 0 Å². The highest BCUT2D eigenvalue weighted by Gasteiger charge is 2.07. The predicted octanol–water partition coefficient (Wildman–Crippen LogP) is 3.20. The molecule has 1 aromatic carbocycles. The van der Waals surface area contributed by atoms with E-state index in [1.807, 2.05) is 12.4 Å². The molecule has 2 aromatic rings. The summed E-state index contributed by atoms with van der Waals surface area (Å²) >= 11 is 3.52. The molecule has 4 heteroatoms. The first-order chi connectivity index (χ1) is 9.78. The Morgan fingerprint density at radius 2 is 1.80 bits per heavy atom. The highest BCUT2D eigenvalue weighted by molar-refractivity contribution is 9.10. The van der Waals surface area contributed by atoms with Gasteiger partial charge in [-0.2, -0.15) is 0 Å². The largest absolute Gasteiger partial charge is 0.330 e. The maximum Gasteiger partial charge on any atom is 0.0271 e. The van der Waals surface area contributed by atoms with Gasteiger partial charge in [-0.05, 0) is 48.4 Å². The minimum atomic E-state index is 0.728. The first kappa shape index (κ1) is 15.2. The van der Waals surface area contributed by atoms with E-state index in [9.17, 15) is 0 Å². The molecule has 2 rings (SSSR count). The van der Waals surface area contributed by atoms with Crippen molar-refractivity contribution in [1.82, 2.24) is 9.88 Å². The van der Waals surface area contributed by atoms with E-state index in [1.165, 1.54) is 11.1 Å². The molecule has 0 fully saturated rings. The van der Waals surface area contributed by atoms with Gasteiger partial charge in [0.1, 0.15) is 0 Å². The lowest BCUT2D eigenvalue weighted by Crippen LogP contribution is -2.25. The summed E-state index contributed by atoms with van der Waals surface area (Å²) in [5, 5.41) is 0. The van der Waals surface area contributed by atoms with Crippen LogP contribution in [0.3, 0.4) is 0 Å². The van der Waals surface area contributed by atoms with Crippen molar-refractivity contribution in [2.75, 3.05) is 13.1 Å². The number of pyridine rings is 1. The minimum absolute atomic E-state index is 0.728. The molecular formula is C16H20BrN3. The van der Waals surface area contributed by atoms with Gasteiger partial charge >= 0.3 is 0 Å². The zero-order chi connectivity index (χ0) is 14.2. The van der Waals surface area contributed by atoms with Crippen LogP contribution in [0.2, 0.25) is 0 Å². The van der Waals surface area contributed by atoms with Crippen molar-refractivity contribution in [3.8, 4) is 0 Å². The molecule has 20 heavy (non-hydrogen) atoms. The van der Waals surface area contributed by atoms with Gasteiger partial charge in [-0.1, -0.05) is 28.1 Å². The number of hydrogen-bond acceptors (Lipinski definition) is 3. The number of hydrogen-bond donors (Lipinski definition) is 1. The van der Waals surface area contributed by atoms with Crippen LogP contribution in [-0.2, 0) is 13.1 Å². The van der Waals surface area contributed by atoms with E-state index in [0.29, 0.717) is 0 Å². The second kappa shape index (κ2) is 8.15. The zero-order valence-corrected chi connectivity index (χ0v) is 13.1. The van der Waals surface area contributed by atoms with E-state index in [4.69, 9.17) is 5.73 Å². The van der Waals surface area contributed by atoms with Gasteiger partial charge in [0.2, 0.25) is 0 Å². The van der Waals surface area contributed by atoms with Crippen LogP contribution in [0.1, 0.15) is 17.5 Å². The minimum Gasteiger partial charge on any atom is -0.330 e. The van der Waals surface area contributed by atoms with Crippen LogP contribution in [0.15, 0.2) is 53.3 Å². The smallest absolute Gasteiger partial charge is 0.0271 e. The Hall–Kier alpha value is -1.23. The summed E-state index contributed by atoms with van der Waals surface area (Å²) in [6.45, 7) is 3.59. The summed E-state index contributed by atoms with van der Waals surface area (Å²) in [4.78, 5) is 6.49. The number of halogens is 1. The normalized spacial score (nSPS) is 10.9. The van der Waals surface area contributed by atoms with Crippen LogP contribution >= 0.6 is 15.9 Å². The molecule has 0 atom stereocenters. The average molecular weight is 334 g/mol. The molecule has 0 radical (unpaired) electrons. The lowest BCUT2D eigenvalue weighted by Gasteiger charge is -2.22. The van der Waals surface area contributed by atoms with Crippen LogP contribution in [0.25, 0.3) is 0 Å². The van der Waals surface area contributed by atoms with Gasteiger partial charge in [-0.25, -0.2) is 0 Å². The molecule has 0 spiro atoms. The van der Waals surface area contributed by atoms with Gasteiger partial charge in [0.15, 0.2) is 0 Å². The number of benzene rings is 1. The summed E-state index contributed by atoms with van der Waals surface area (Å²) < 4.78 is 1.12. The zero-order valence-electron chi connectivity index (χ0n) is 11.5. The Bertz CT molecular complexity index is 516. The van der Waals surface area contributed by atoms with Gasteiger partial charge in [-0.3, -0.25) is 9.88 Å². The Balaban J connectivity index is 2.03. The molecule has 0 aliphatic rings. The predicted molar refractivity (Wildman–Crippen MR) is 86.2 cm³/mol. The molecule has 0 saturated carbocycles. The van der Waals surface area contributed by atoms with Crippen molar-refractivity contribution in [2.24, 2.45) is 5.73 Å². The summed E-state index contributed by atoms with van der Waals surface area (Å²) in [5.74, 6) is 0. The quantitative estimate of drug-likeness (QED) is 0.846. The maximum atomic E-state index is 5.64. The lowest BCUT2D eigenvalue weighted by molar-refractivity contribution is 0.255. The fourth-order valence-corrected chi connectivity index (χ4v) is 2.62. The SMILES string of the molecule is NCCCN(Cc1ccncc1)Cc1cccc(Br)c1. The van der Waals surface area contributed by atoms with E-state index in [0.717, 1.165) is 37.1 Å². The summed E-state index contributed by atoms with van der Waals surface area (Å²) in [6.07, 6.45) is 4.70. The monoisotopic (exact) mass is 333 g/mol. The van der Waals surface area contributed by atoms with Crippen LogP contribution in [-0.4, -0.2) is 23.0 Å². The Morgan fingerprint density at radius 1 is 1.05 bits per heavy atom. The summed E-state index contributed by atoms with van der Waals surface area (Å²) in [7, 11) is 0. The van der Waals surface area contributed by atoms with Crippen molar-refractivity contribution in [3.05, 3.63) is 64.4 Å². The van der Waals surface area contributed by atoms with E-state index in [2.05, 4.69) is 62.2 Å². The molecule has 0 saturated heterocycles. The van der Waals surface area contributed by atoms with Gasteiger partial charge < -0.3 is 5.73 Å². The highest BCUT2D eigenvalue weighted by atomic mass is 79.9. The summed E-state index contributed by atoms with van der Waals surface area (Å²) in [6, 6.07) is 12.6. The third-order valence-corrected chi connectivity index (χ3v) is 3.62. The van der Waals surface area contributed by atoms with Gasteiger partial charge in [0, 0.05) is 36.5 Å². The molecule has 0 aliphatic heterocycles. The third kappa shape index (κ3) is 5.04. The van der Waals surface area contributed by atoms with E-state index < -0.39 is 0 Å². The van der Waals surface area contributed by atoms with Crippen molar-refractivity contribution in [3.63, 3.8) is 0 Å². The second-order valence-corrected chi connectivity index (χ2v) is 5.75. The van der Waals surface area contributed by atoms with Crippen LogP contribution in [0.4, 0.5) is 0 Å². The first-order valence-electron chi connectivity index (χ1n) is 6.83. The average Bonchev–Trinajstić information content (AvgIpc) is 2.46. The van der Waals surface area contributed by atoms with Crippen molar-refractivity contribution >= 4 is 15.9 Å².